The number of benzene rings is 1. The van der Waals surface area contributed by atoms with Crippen LogP contribution in [-0.4, -0.2) is 83.7 Å². The normalized spacial score (nSPS) is 20.5. The summed E-state index contributed by atoms with van der Waals surface area (Å²) in [4.78, 5) is 31.2. The first-order valence-electron chi connectivity index (χ1n) is 13.7. The maximum absolute atomic E-state index is 13.9. The lowest BCUT2D eigenvalue weighted by Gasteiger charge is -2.37. The van der Waals surface area contributed by atoms with Crippen LogP contribution >= 0.6 is 0 Å². The molecule has 0 bridgehead atoms. The topological polar surface area (TPSA) is 95.5 Å². The Kier molecular flexibility index (Phi) is 7.26. The van der Waals surface area contributed by atoms with Crippen LogP contribution in [0.1, 0.15) is 47.6 Å². The van der Waals surface area contributed by atoms with Crippen LogP contribution in [0.2, 0.25) is 0 Å². The number of rotatable bonds is 8. The summed E-state index contributed by atoms with van der Waals surface area (Å²) in [6, 6.07) is 9.49. The number of morpholine rings is 1. The number of hydrogen-bond donors (Lipinski definition) is 2. The van der Waals surface area contributed by atoms with E-state index in [1.54, 1.807) is 18.5 Å². The third kappa shape index (κ3) is 6.09. The number of halogens is 2. The standard InChI is InChI=1S/C28H33F2N7O2/c29-28(30)8-10-36(11-9-28)24(19-16-32-27(33-17-19)37-12-14-39-15-13-37)18-31-26(38)22-2-1-3-23-21(22)6-7-25(35-23)34-20-4-5-20/h1-3,6-7,16-17,20,24H,4-5,8-15,18H2,(H,31,38)(H,34,35). The SMILES string of the molecule is O=C(NCC(c1cnc(N2CCOCC2)nc1)N1CCC(F)(F)CC1)c1cccc2nc(NC3CC3)ccc12. The van der Waals surface area contributed by atoms with Crippen molar-refractivity contribution in [2.75, 3.05) is 56.2 Å². The van der Waals surface area contributed by atoms with E-state index < -0.39 is 5.92 Å². The number of piperidine rings is 1. The van der Waals surface area contributed by atoms with Crippen LogP contribution in [0.25, 0.3) is 10.9 Å². The molecule has 3 aliphatic rings. The quantitative estimate of drug-likeness (QED) is 0.450. The molecule has 0 spiro atoms. The van der Waals surface area contributed by atoms with Gasteiger partial charge in [0.15, 0.2) is 0 Å². The molecule has 1 unspecified atom stereocenters. The van der Waals surface area contributed by atoms with Gasteiger partial charge in [0.2, 0.25) is 5.95 Å². The number of carbonyl (C=O) groups excluding carboxylic acids is 1. The molecule has 0 radical (unpaired) electrons. The number of pyridine rings is 1. The van der Waals surface area contributed by atoms with E-state index in [-0.39, 0.29) is 44.4 Å². The number of alkyl halides is 2. The molecule has 2 aromatic heterocycles. The molecular formula is C28H33F2N7O2. The van der Waals surface area contributed by atoms with Crippen molar-refractivity contribution in [3.8, 4) is 0 Å². The van der Waals surface area contributed by atoms with Gasteiger partial charge in [0.05, 0.1) is 24.8 Å². The van der Waals surface area contributed by atoms with Crippen molar-refractivity contribution in [3.05, 3.63) is 53.9 Å². The number of ether oxygens (including phenoxy) is 1. The summed E-state index contributed by atoms with van der Waals surface area (Å²) in [5.74, 6) is -1.47. The highest BCUT2D eigenvalue weighted by molar-refractivity contribution is 6.06. The van der Waals surface area contributed by atoms with Gasteiger partial charge in [-0.25, -0.2) is 23.7 Å². The Labute approximate surface area is 226 Å². The Morgan fingerprint density at radius 2 is 1.79 bits per heavy atom. The first-order valence-corrected chi connectivity index (χ1v) is 13.7. The fourth-order valence-electron chi connectivity index (χ4n) is 5.21. The van der Waals surface area contributed by atoms with Gasteiger partial charge in [-0.05, 0) is 37.1 Å². The van der Waals surface area contributed by atoms with Gasteiger partial charge in [0.25, 0.3) is 11.8 Å². The molecule has 39 heavy (non-hydrogen) atoms. The lowest BCUT2D eigenvalue weighted by atomic mass is 10.0. The zero-order valence-electron chi connectivity index (χ0n) is 21.8. The minimum absolute atomic E-state index is 0.212. The van der Waals surface area contributed by atoms with Crippen molar-refractivity contribution < 1.29 is 18.3 Å². The lowest BCUT2D eigenvalue weighted by molar-refractivity contribution is -0.0632. The minimum atomic E-state index is -2.66. The second kappa shape index (κ2) is 11.0. The molecule has 1 aromatic carbocycles. The molecule has 4 heterocycles. The van der Waals surface area contributed by atoms with E-state index in [1.807, 2.05) is 29.2 Å². The van der Waals surface area contributed by atoms with Gasteiger partial charge in [-0.15, -0.1) is 0 Å². The van der Waals surface area contributed by atoms with Crippen molar-refractivity contribution in [1.82, 2.24) is 25.2 Å². The van der Waals surface area contributed by atoms with E-state index in [1.165, 1.54) is 0 Å². The van der Waals surface area contributed by atoms with Gasteiger partial charge in [-0.1, -0.05) is 6.07 Å². The monoisotopic (exact) mass is 537 g/mol. The Morgan fingerprint density at radius 1 is 1.05 bits per heavy atom. The molecule has 206 valence electrons. The van der Waals surface area contributed by atoms with Crippen LogP contribution in [0.3, 0.4) is 0 Å². The zero-order chi connectivity index (χ0) is 26.8. The van der Waals surface area contributed by atoms with Crippen molar-refractivity contribution in [2.45, 2.75) is 43.7 Å². The fraction of sp³-hybridized carbons (Fsp3) is 0.500. The van der Waals surface area contributed by atoms with Crippen molar-refractivity contribution in [1.29, 1.82) is 0 Å². The van der Waals surface area contributed by atoms with Gasteiger partial charge < -0.3 is 20.3 Å². The van der Waals surface area contributed by atoms with Crippen LogP contribution in [0, 0.1) is 0 Å². The maximum atomic E-state index is 13.9. The number of aromatic nitrogens is 3. The average Bonchev–Trinajstić information content (AvgIpc) is 3.78. The molecule has 6 rings (SSSR count). The second-order valence-corrected chi connectivity index (χ2v) is 10.5. The summed E-state index contributed by atoms with van der Waals surface area (Å²) in [5, 5.41) is 7.21. The molecule has 3 fully saturated rings. The summed E-state index contributed by atoms with van der Waals surface area (Å²) in [7, 11) is 0. The van der Waals surface area contributed by atoms with Crippen LogP contribution in [0.15, 0.2) is 42.7 Å². The van der Waals surface area contributed by atoms with Crippen molar-refractivity contribution in [2.24, 2.45) is 0 Å². The summed E-state index contributed by atoms with van der Waals surface area (Å²) >= 11 is 0. The Bertz CT molecular complexity index is 1300. The summed E-state index contributed by atoms with van der Waals surface area (Å²) in [5.41, 5.74) is 2.06. The van der Waals surface area contributed by atoms with E-state index in [0.29, 0.717) is 30.8 Å². The zero-order valence-corrected chi connectivity index (χ0v) is 21.8. The third-order valence-corrected chi connectivity index (χ3v) is 7.67. The molecule has 1 aliphatic carbocycles. The van der Waals surface area contributed by atoms with Crippen LogP contribution in [0.5, 0.6) is 0 Å². The second-order valence-electron chi connectivity index (χ2n) is 10.5. The highest BCUT2D eigenvalue weighted by atomic mass is 19.3. The average molecular weight is 538 g/mol. The number of amides is 1. The Hall–Kier alpha value is -3.44. The summed E-state index contributed by atoms with van der Waals surface area (Å²) in [6.45, 7) is 3.40. The van der Waals surface area contributed by atoms with Crippen LogP contribution in [-0.2, 0) is 4.74 Å². The van der Waals surface area contributed by atoms with Gasteiger partial charge in [-0.3, -0.25) is 9.69 Å². The predicted molar refractivity (Wildman–Crippen MR) is 144 cm³/mol. The summed E-state index contributed by atoms with van der Waals surface area (Å²) < 4.78 is 33.3. The Morgan fingerprint density at radius 3 is 2.51 bits per heavy atom. The molecule has 9 nitrogen and oxygen atoms in total. The molecule has 1 saturated carbocycles. The first-order chi connectivity index (χ1) is 18.9. The van der Waals surface area contributed by atoms with Crippen molar-refractivity contribution >= 4 is 28.6 Å². The van der Waals surface area contributed by atoms with Crippen molar-refractivity contribution in [3.63, 3.8) is 0 Å². The van der Waals surface area contributed by atoms with Crippen LogP contribution in [0.4, 0.5) is 20.5 Å². The Balaban J connectivity index is 1.19. The number of carbonyl (C=O) groups is 1. The molecule has 2 saturated heterocycles. The molecule has 11 heteroatoms. The largest absolute Gasteiger partial charge is 0.378 e. The van der Waals surface area contributed by atoms with E-state index in [4.69, 9.17) is 4.74 Å². The molecule has 2 N–H and O–H groups in total. The lowest BCUT2D eigenvalue weighted by Crippen LogP contribution is -2.45. The van der Waals surface area contributed by atoms with Gasteiger partial charge in [0, 0.05) is 80.5 Å². The number of likely N-dealkylation sites (tertiary alicyclic amines) is 1. The molecule has 3 aromatic rings. The van der Waals surface area contributed by atoms with E-state index >= 15 is 0 Å². The highest BCUT2D eigenvalue weighted by Gasteiger charge is 2.37. The third-order valence-electron chi connectivity index (χ3n) is 7.67. The van der Waals surface area contributed by atoms with E-state index in [2.05, 4.69) is 30.5 Å². The number of nitrogens with zero attached hydrogens (tertiary/aromatic N) is 5. The minimum Gasteiger partial charge on any atom is -0.378 e. The number of fused-ring (bicyclic) bond motifs is 1. The molecular weight excluding hydrogens is 504 g/mol. The maximum Gasteiger partial charge on any atom is 0.252 e. The van der Waals surface area contributed by atoms with Crippen LogP contribution < -0.4 is 15.5 Å². The first kappa shape index (κ1) is 25.8. The predicted octanol–water partition coefficient (Wildman–Crippen LogP) is 3.64. The molecule has 1 atom stereocenters. The van der Waals surface area contributed by atoms with Gasteiger partial charge in [-0.2, -0.15) is 0 Å². The van der Waals surface area contributed by atoms with E-state index in [9.17, 15) is 13.6 Å². The number of anilines is 2. The molecule has 1 amide bonds. The van der Waals surface area contributed by atoms with Gasteiger partial charge in [0.1, 0.15) is 5.82 Å². The fourth-order valence-corrected chi connectivity index (χ4v) is 5.21. The van der Waals surface area contributed by atoms with Gasteiger partial charge >= 0.3 is 0 Å². The number of hydrogen-bond acceptors (Lipinski definition) is 8. The highest BCUT2D eigenvalue weighted by Crippen LogP contribution is 2.32. The summed E-state index contributed by atoms with van der Waals surface area (Å²) in [6.07, 6.45) is 5.37. The van der Waals surface area contributed by atoms with E-state index in [0.717, 1.165) is 48.2 Å². The number of nitrogens with one attached hydrogen (secondary N) is 2. The smallest absolute Gasteiger partial charge is 0.252 e. The molecule has 2 aliphatic heterocycles.